The standard InChI is InChI=1S/2C10H10O2.O.V/c2*1-8(11)7-10(12)9-5-3-2-4-6-9;;/h2*2-6H,7H2,1H3;;/p+4. The van der Waals surface area contributed by atoms with Crippen LogP contribution in [0.2, 0.25) is 0 Å². The Hall–Kier alpha value is -2.50. The van der Waals surface area contributed by atoms with Crippen LogP contribution in [-0.4, -0.2) is 42.3 Å². The molecule has 0 fully saturated rings. The van der Waals surface area contributed by atoms with Crippen molar-refractivity contribution in [2.45, 2.75) is 26.7 Å². The van der Waals surface area contributed by atoms with E-state index in [1.807, 2.05) is 36.4 Å². The van der Waals surface area contributed by atoms with Gasteiger partial charge in [-0.3, -0.25) is 19.2 Å². The molecule has 0 aliphatic rings. The van der Waals surface area contributed by atoms with Gasteiger partial charge in [0, 0.05) is 13.8 Å². The second-order valence-corrected chi connectivity index (χ2v) is 5.45. The third kappa shape index (κ3) is 10.4. The van der Waals surface area contributed by atoms with Crippen molar-refractivity contribution in [2.24, 2.45) is 0 Å². The molecule has 2 aromatic carbocycles. The van der Waals surface area contributed by atoms with Gasteiger partial charge in [0.15, 0.2) is 12.8 Å². The quantitative estimate of drug-likeness (QED) is 0.419. The molecular weight excluding hydrogens is 371 g/mol. The van der Waals surface area contributed by atoms with E-state index >= 15 is 0 Å². The average Bonchev–Trinajstić information content (AvgIpc) is 2.64. The van der Waals surface area contributed by atoms with Crippen LogP contribution in [-0.2, 0) is 21.0 Å². The third-order valence-electron chi connectivity index (χ3n) is 3.06. The van der Waals surface area contributed by atoms with Gasteiger partial charge in [0.2, 0.25) is 0 Å². The van der Waals surface area contributed by atoms with Crippen molar-refractivity contribution in [3.05, 3.63) is 71.8 Å². The van der Waals surface area contributed by atoms with Crippen LogP contribution in [0, 0.1) is 0 Å². The summed E-state index contributed by atoms with van der Waals surface area (Å²) in [6, 6.07) is 18.4. The fourth-order valence-electron chi connectivity index (χ4n) is 1.95. The van der Waals surface area contributed by atoms with Gasteiger partial charge in [0.05, 0.1) is 11.1 Å². The molecule has 5 nitrogen and oxygen atoms in total. The Morgan fingerprint density at radius 2 is 0.923 bits per heavy atom. The minimum absolute atomic E-state index is 0.204. The predicted molar refractivity (Wildman–Crippen MR) is 100 cm³/mol. The molecule has 2 rings (SSSR count). The van der Waals surface area contributed by atoms with Crippen LogP contribution in [0.5, 0.6) is 0 Å². The van der Waals surface area contributed by atoms with E-state index in [0.29, 0.717) is 0 Å². The zero-order chi connectivity index (χ0) is 19.9. The van der Waals surface area contributed by atoms with E-state index in [2.05, 4.69) is 0 Å². The zero-order valence-electron chi connectivity index (χ0n) is 14.8. The summed E-state index contributed by atoms with van der Waals surface area (Å²) in [6.45, 7) is 3.14. The van der Waals surface area contributed by atoms with Crippen LogP contribution in [0.15, 0.2) is 60.7 Å². The number of hydrogen-bond donors (Lipinski definition) is 0. The van der Waals surface area contributed by atoms with Crippen molar-refractivity contribution >= 4 is 23.1 Å². The number of rotatable bonds is 6. The minimum atomic E-state index is 0.204. The third-order valence-corrected chi connectivity index (χ3v) is 3.06. The number of benzene rings is 2. The summed E-state index contributed by atoms with van der Waals surface area (Å²) in [5.41, 5.74) is 1.51. The Labute approximate surface area is 162 Å². The van der Waals surface area contributed by atoms with Crippen LogP contribution in [0.3, 0.4) is 0 Å². The summed E-state index contributed by atoms with van der Waals surface area (Å²) in [7, 11) is 0. The molecule has 0 amide bonds. The van der Waals surface area contributed by atoms with E-state index in [0.717, 1.165) is 28.5 Å². The molecule has 0 aliphatic heterocycles. The summed E-state index contributed by atoms with van der Waals surface area (Å²) >= 11 is 1.06. The molecule has 26 heavy (non-hydrogen) atoms. The first kappa shape index (κ1) is 23.5. The summed E-state index contributed by atoms with van der Waals surface area (Å²) in [4.78, 5) is 36.7. The molecule has 0 aromatic heterocycles. The van der Waals surface area contributed by atoms with Gasteiger partial charge in [0.1, 0.15) is 0 Å². The molecule has 6 heteroatoms. The number of ketones is 4. The molecule has 0 bridgehead atoms. The van der Waals surface area contributed by atoms with Gasteiger partial charge in [-0.15, -0.1) is 0 Å². The molecular formula is C20H24O5V+4. The molecule has 0 spiro atoms. The van der Waals surface area contributed by atoms with Gasteiger partial charge >= 0.3 is 44.2 Å². The van der Waals surface area contributed by atoms with Gasteiger partial charge in [-0.1, -0.05) is 36.4 Å². The SMILES string of the molecule is CC(=[OH+])CC(=[OH+])c1ccccc1.CC(=[OH+])CC(=[OH+])c1ccccc1.[O]=[V]. The van der Waals surface area contributed by atoms with Gasteiger partial charge in [-0.05, 0) is 24.3 Å². The first-order valence-corrected chi connectivity index (χ1v) is 8.38. The first-order chi connectivity index (χ1) is 12.4. The molecule has 0 heterocycles. The molecule has 0 saturated carbocycles. The fraction of sp³-hybridized carbons (Fsp3) is 0.200. The van der Waals surface area contributed by atoms with Crippen LogP contribution in [0.1, 0.15) is 37.8 Å². The number of carbonyl (C=O) groups excluding carboxylic acids is 4. The normalized spacial score (nSPS) is 8.81. The van der Waals surface area contributed by atoms with Crippen LogP contribution in [0.4, 0.5) is 0 Å². The monoisotopic (exact) mass is 395 g/mol. The van der Waals surface area contributed by atoms with Crippen molar-refractivity contribution in [2.75, 3.05) is 0 Å². The summed E-state index contributed by atoms with van der Waals surface area (Å²) in [5.74, 6) is 0.846. The van der Waals surface area contributed by atoms with Crippen LogP contribution >= 0.6 is 0 Å². The molecule has 0 radical (unpaired) electrons. The maximum atomic E-state index is 9.43. The predicted octanol–water partition coefficient (Wildman–Crippen LogP) is 2.95. The summed E-state index contributed by atoms with van der Waals surface area (Å²) in [6.07, 6.45) is 0.452. The number of hydrogen-bond acceptors (Lipinski definition) is 1. The zero-order valence-corrected chi connectivity index (χ0v) is 16.2. The van der Waals surface area contributed by atoms with Gasteiger partial charge in [0.25, 0.3) is 0 Å². The van der Waals surface area contributed by atoms with E-state index < -0.39 is 0 Å². The van der Waals surface area contributed by atoms with Gasteiger partial charge < -0.3 is 0 Å². The van der Waals surface area contributed by atoms with E-state index in [9.17, 15) is 9.59 Å². The first-order valence-electron chi connectivity index (χ1n) is 7.81. The van der Waals surface area contributed by atoms with Crippen LogP contribution in [0.25, 0.3) is 0 Å². The van der Waals surface area contributed by atoms with Gasteiger partial charge in [-0.2, -0.15) is 0 Å². The molecule has 0 saturated heterocycles. The molecule has 2 aromatic rings. The topological polar surface area (TPSA) is 103 Å². The molecule has 0 atom stereocenters. The second-order valence-electron chi connectivity index (χ2n) is 5.45. The average molecular weight is 395 g/mol. The summed E-state index contributed by atoms with van der Waals surface area (Å²) < 4.78 is 8.19. The molecule has 4 N–H and O–H groups in total. The summed E-state index contributed by atoms with van der Waals surface area (Å²) in [5, 5.41) is 0. The fourth-order valence-corrected chi connectivity index (χ4v) is 1.95. The molecule has 0 aliphatic carbocycles. The van der Waals surface area contributed by atoms with Crippen molar-refractivity contribution < 1.29 is 40.2 Å². The van der Waals surface area contributed by atoms with Crippen molar-refractivity contribution in [1.82, 2.24) is 0 Å². The van der Waals surface area contributed by atoms with E-state index in [4.69, 9.17) is 13.3 Å². The van der Waals surface area contributed by atoms with E-state index in [1.54, 1.807) is 38.1 Å². The van der Waals surface area contributed by atoms with E-state index in [1.165, 1.54) is 0 Å². The maximum absolute atomic E-state index is 9.43. The van der Waals surface area contributed by atoms with Gasteiger partial charge in [-0.25, -0.2) is 0 Å². The Morgan fingerprint density at radius 1 is 0.654 bits per heavy atom. The Bertz CT molecular complexity index is 663. The van der Waals surface area contributed by atoms with Crippen molar-refractivity contribution in [1.29, 1.82) is 0 Å². The molecule has 0 unspecified atom stereocenters. The van der Waals surface area contributed by atoms with Crippen LogP contribution < -0.4 is 0 Å². The Kier molecular flexibility index (Phi) is 12.4. The van der Waals surface area contributed by atoms with Crippen molar-refractivity contribution in [3.63, 3.8) is 0 Å². The van der Waals surface area contributed by atoms with Crippen molar-refractivity contribution in [3.8, 4) is 0 Å². The molecule has 135 valence electrons. The Morgan fingerprint density at radius 3 is 1.15 bits per heavy atom. The second kappa shape index (κ2) is 13.8. The van der Waals surface area contributed by atoms with E-state index in [-0.39, 0.29) is 36.0 Å². The Balaban J connectivity index is 0.000000439.